The van der Waals surface area contributed by atoms with Crippen molar-refractivity contribution in [1.82, 2.24) is 14.8 Å². The number of hydrogen-bond acceptors (Lipinski definition) is 5. The van der Waals surface area contributed by atoms with E-state index in [0.29, 0.717) is 23.2 Å². The average Bonchev–Trinajstić information content (AvgIpc) is 3.13. The number of hydrogen-bond donors (Lipinski definition) is 2. The molecule has 3 aromatic rings. The fraction of sp³-hybridized carbons (Fsp3) is 0.238. The first-order valence-corrected chi connectivity index (χ1v) is 10.6. The minimum Gasteiger partial charge on any atom is -0.326 e. The second kappa shape index (κ2) is 10.3. The average molecular weight is 463 g/mol. The van der Waals surface area contributed by atoms with Crippen molar-refractivity contribution in [2.45, 2.75) is 31.2 Å². The van der Waals surface area contributed by atoms with E-state index in [4.69, 9.17) is 0 Å². The molecule has 0 spiro atoms. The summed E-state index contributed by atoms with van der Waals surface area (Å²) in [5.74, 6) is -0.285. The Morgan fingerprint density at radius 2 is 1.66 bits per heavy atom. The van der Waals surface area contributed by atoms with Crippen molar-refractivity contribution in [3.8, 4) is 0 Å². The lowest BCUT2D eigenvalue weighted by atomic mass is 10.2. The van der Waals surface area contributed by atoms with Crippen LogP contribution in [0.15, 0.2) is 59.8 Å². The summed E-state index contributed by atoms with van der Waals surface area (Å²) >= 11 is 1.18. The molecule has 0 fully saturated rings. The van der Waals surface area contributed by atoms with E-state index in [1.165, 1.54) is 23.9 Å². The minimum absolute atomic E-state index is 0.0413. The molecule has 0 unspecified atom stereocenters. The molecule has 3 rings (SSSR count). The quantitative estimate of drug-likeness (QED) is 0.488. The predicted molar refractivity (Wildman–Crippen MR) is 115 cm³/mol. The molecule has 1 aromatic heterocycles. The van der Waals surface area contributed by atoms with Gasteiger partial charge in [0.05, 0.1) is 17.7 Å². The Bertz CT molecular complexity index is 1090. The Morgan fingerprint density at radius 1 is 0.969 bits per heavy atom. The molecule has 0 aliphatic heterocycles. The van der Waals surface area contributed by atoms with Gasteiger partial charge in [0.1, 0.15) is 5.82 Å². The molecule has 0 saturated carbocycles. The summed E-state index contributed by atoms with van der Waals surface area (Å²) in [6.45, 7) is 2.30. The van der Waals surface area contributed by atoms with E-state index in [9.17, 15) is 22.8 Å². The van der Waals surface area contributed by atoms with Crippen molar-refractivity contribution >= 4 is 35.0 Å². The SMILES string of the molecule is CCn1c(CC(=O)Nc2cccc(C(F)(F)F)c2)nnc1SCC(=O)Nc1ccccc1. The van der Waals surface area contributed by atoms with Gasteiger partial charge < -0.3 is 15.2 Å². The number of anilines is 2. The van der Waals surface area contributed by atoms with Gasteiger partial charge in [-0.1, -0.05) is 36.0 Å². The molecule has 0 aliphatic rings. The highest BCUT2D eigenvalue weighted by Crippen LogP contribution is 2.30. The summed E-state index contributed by atoms with van der Waals surface area (Å²) < 4.78 is 40.2. The Hall–Kier alpha value is -3.34. The van der Waals surface area contributed by atoms with Crippen molar-refractivity contribution < 1.29 is 22.8 Å². The number of rotatable bonds is 8. The van der Waals surface area contributed by atoms with Crippen LogP contribution in [0, 0.1) is 0 Å². The van der Waals surface area contributed by atoms with E-state index < -0.39 is 17.6 Å². The molecule has 2 amide bonds. The van der Waals surface area contributed by atoms with Gasteiger partial charge >= 0.3 is 6.18 Å². The van der Waals surface area contributed by atoms with Crippen molar-refractivity contribution in [3.63, 3.8) is 0 Å². The number of aromatic nitrogens is 3. The number of alkyl halides is 3. The molecule has 0 saturated heterocycles. The lowest BCUT2D eigenvalue weighted by molar-refractivity contribution is -0.137. The van der Waals surface area contributed by atoms with E-state index in [2.05, 4.69) is 20.8 Å². The number of benzene rings is 2. The Morgan fingerprint density at radius 3 is 2.34 bits per heavy atom. The maximum Gasteiger partial charge on any atom is 0.416 e. The van der Waals surface area contributed by atoms with Crippen LogP contribution in [0.2, 0.25) is 0 Å². The highest BCUT2D eigenvalue weighted by molar-refractivity contribution is 7.99. The summed E-state index contributed by atoms with van der Waals surface area (Å²) in [7, 11) is 0. The van der Waals surface area contributed by atoms with Gasteiger partial charge in [-0.2, -0.15) is 13.2 Å². The smallest absolute Gasteiger partial charge is 0.326 e. The van der Waals surface area contributed by atoms with Crippen LogP contribution in [0.4, 0.5) is 24.5 Å². The summed E-state index contributed by atoms with van der Waals surface area (Å²) in [4.78, 5) is 24.5. The molecule has 0 aliphatic carbocycles. The fourth-order valence-corrected chi connectivity index (χ4v) is 3.67. The van der Waals surface area contributed by atoms with Crippen LogP contribution in [-0.2, 0) is 28.7 Å². The van der Waals surface area contributed by atoms with E-state index in [-0.39, 0.29) is 23.8 Å². The number of nitrogens with zero attached hydrogens (tertiary/aromatic N) is 3. The van der Waals surface area contributed by atoms with Crippen LogP contribution in [0.5, 0.6) is 0 Å². The van der Waals surface area contributed by atoms with Crippen LogP contribution in [-0.4, -0.2) is 32.3 Å². The summed E-state index contributed by atoms with van der Waals surface area (Å²) in [6, 6.07) is 13.4. The molecular formula is C21H20F3N5O2S. The van der Waals surface area contributed by atoms with Crippen molar-refractivity contribution in [1.29, 1.82) is 0 Å². The zero-order chi connectivity index (χ0) is 23.1. The normalized spacial score (nSPS) is 11.2. The molecule has 0 radical (unpaired) electrons. The second-order valence-corrected chi connectivity index (χ2v) is 7.59. The molecule has 1 heterocycles. The topological polar surface area (TPSA) is 88.9 Å². The minimum atomic E-state index is -4.50. The number of carbonyl (C=O) groups excluding carboxylic acids is 2. The molecule has 11 heteroatoms. The van der Waals surface area contributed by atoms with Crippen LogP contribution in [0.25, 0.3) is 0 Å². The lowest BCUT2D eigenvalue weighted by Crippen LogP contribution is -2.18. The monoisotopic (exact) mass is 463 g/mol. The van der Waals surface area contributed by atoms with E-state index >= 15 is 0 Å². The van der Waals surface area contributed by atoms with Gasteiger partial charge in [0.2, 0.25) is 11.8 Å². The van der Waals surface area contributed by atoms with Crippen LogP contribution < -0.4 is 10.6 Å². The number of thioether (sulfide) groups is 1. The van der Waals surface area contributed by atoms with Gasteiger partial charge in [-0.25, -0.2) is 0 Å². The third-order valence-electron chi connectivity index (χ3n) is 4.29. The summed E-state index contributed by atoms with van der Waals surface area (Å²) in [6.07, 6.45) is -4.67. The van der Waals surface area contributed by atoms with Gasteiger partial charge in [0.25, 0.3) is 0 Å². The predicted octanol–water partition coefficient (Wildman–Crippen LogP) is 4.23. The van der Waals surface area contributed by atoms with Gasteiger partial charge in [-0.15, -0.1) is 10.2 Å². The zero-order valence-corrected chi connectivity index (χ0v) is 17.8. The Balaban J connectivity index is 1.59. The lowest BCUT2D eigenvalue weighted by Gasteiger charge is -2.10. The van der Waals surface area contributed by atoms with Crippen LogP contribution in [0.1, 0.15) is 18.3 Å². The number of para-hydroxylation sites is 1. The van der Waals surface area contributed by atoms with Gasteiger partial charge in [0, 0.05) is 17.9 Å². The largest absolute Gasteiger partial charge is 0.416 e. The fourth-order valence-electron chi connectivity index (χ4n) is 2.84. The Labute approximate surface area is 186 Å². The molecule has 2 N–H and O–H groups in total. The number of carbonyl (C=O) groups is 2. The molecule has 2 aromatic carbocycles. The molecule has 0 bridgehead atoms. The van der Waals surface area contributed by atoms with Crippen molar-refractivity contribution in [2.24, 2.45) is 0 Å². The first kappa shape index (κ1) is 23.3. The van der Waals surface area contributed by atoms with Crippen molar-refractivity contribution in [3.05, 3.63) is 66.0 Å². The van der Waals surface area contributed by atoms with E-state index in [1.807, 2.05) is 25.1 Å². The third kappa shape index (κ3) is 6.33. The standard InChI is InChI=1S/C21H20F3N5O2S/c1-2-29-17(12-18(30)26-16-10-6-7-14(11-16)21(22,23)24)27-28-20(29)32-13-19(31)25-15-8-4-3-5-9-15/h3-11H,2,12-13H2,1H3,(H,25,31)(H,26,30). The highest BCUT2D eigenvalue weighted by Gasteiger charge is 2.30. The summed E-state index contributed by atoms with van der Waals surface area (Å²) in [5, 5.41) is 13.7. The highest BCUT2D eigenvalue weighted by atomic mass is 32.2. The second-order valence-electron chi connectivity index (χ2n) is 6.65. The van der Waals surface area contributed by atoms with Crippen LogP contribution >= 0.6 is 11.8 Å². The van der Waals surface area contributed by atoms with Crippen molar-refractivity contribution in [2.75, 3.05) is 16.4 Å². The molecule has 7 nitrogen and oxygen atoms in total. The first-order chi connectivity index (χ1) is 15.3. The van der Waals surface area contributed by atoms with Gasteiger partial charge in [-0.05, 0) is 37.3 Å². The number of amides is 2. The first-order valence-electron chi connectivity index (χ1n) is 9.63. The molecule has 168 valence electrons. The van der Waals surface area contributed by atoms with Gasteiger partial charge in [0.15, 0.2) is 5.16 Å². The maximum absolute atomic E-state index is 12.8. The molecular weight excluding hydrogens is 443 g/mol. The number of nitrogens with one attached hydrogen (secondary N) is 2. The number of halogens is 3. The van der Waals surface area contributed by atoms with E-state index in [0.717, 1.165) is 12.1 Å². The Kier molecular flexibility index (Phi) is 7.52. The zero-order valence-electron chi connectivity index (χ0n) is 17.0. The summed E-state index contributed by atoms with van der Waals surface area (Å²) in [5.41, 5.74) is -0.124. The molecule has 0 atom stereocenters. The third-order valence-corrected chi connectivity index (χ3v) is 5.26. The van der Waals surface area contributed by atoms with Gasteiger partial charge in [-0.3, -0.25) is 9.59 Å². The maximum atomic E-state index is 12.8. The molecule has 32 heavy (non-hydrogen) atoms. The van der Waals surface area contributed by atoms with E-state index in [1.54, 1.807) is 16.7 Å². The van der Waals surface area contributed by atoms with Crippen LogP contribution in [0.3, 0.4) is 0 Å².